The monoisotopic (exact) mass is 397 g/mol. The van der Waals surface area contributed by atoms with Gasteiger partial charge < -0.3 is 0 Å². The van der Waals surface area contributed by atoms with Crippen LogP contribution in [0, 0.1) is 11.3 Å². The molecule has 0 N–H and O–H groups in total. The molecule has 0 spiro atoms. The predicted octanol–water partition coefficient (Wildman–Crippen LogP) is 4.70. The SMILES string of the molecule is CN(SC(Cl)(Cl)Cl)C(=O)O/N=C(\C#N)CSc1ccccc1. The number of alkyl halides is 3. The number of carbonyl (C=O) groups excluding carboxylic acids is 1. The van der Waals surface area contributed by atoms with Crippen molar-refractivity contribution in [2.75, 3.05) is 12.8 Å². The van der Waals surface area contributed by atoms with Crippen molar-refractivity contribution < 1.29 is 9.63 Å². The first-order valence-corrected chi connectivity index (χ1v) is 8.56. The van der Waals surface area contributed by atoms with Gasteiger partial charge in [0.15, 0.2) is 5.71 Å². The van der Waals surface area contributed by atoms with Crippen molar-refractivity contribution in [2.24, 2.45) is 5.16 Å². The summed E-state index contributed by atoms with van der Waals surface area (Å²) in [6, 6.07) is 11.3. The Morgan fingerprint density at radius 3 is 2.59 bits per heavy atom. The van der Waals surface area contributed by atoms with E-state index in [0.29, 0.717) is 11.9 Å². The Labute approximate surface area is 151 Å². The molecule has 0 aromatic heterocycles. The molecule has 0 bridgehead atoms. The highest BCUT2D eigenvalue weighted by Gasteiger charge is 2.27. The van der Waals surface area contributed by atoms with Gasteiger partial charge in [-0.3, -0.25) is 4.84 Å². The minimum atomic E-state index is -1.70. The number of thioether (sulfide) groups is 1. The fourth-order valence-corrected chi connectivity index (χ4v) is 3.21. The lowest BCUT2D eigenvalue weighted by Gasteiger charge is -2.17. The maximum Gasteiger partial charge on any atom is 0.445 e. The van der Waals surface area contributed by atoms with E-state index in [4.69, 9.17) is 40.1 Å². The molecule has 0 unspecified atom stereocenters. The Kier molecular flexibility index (Phi) is 8.21. The zero-order chi connectivity index (χ0) is 16.6. The number of halogens is 3. The molecule has 5 nitrogen and oxygen atoms in total. The molecular formula is C12H10Cl3N3O2S2. The minimum absolute atomic E-state index is 0.0643. The number of amides is 1. The van der Waals surface area contributed by atoms with E-state index >= 15 is 0 Å². The first kappa shape index (κ1) is 19.3. The molecule has 0 radical (unpaired) electrons. The van der Waals surface area contributed by atoms with Crippen molar-refractivity contribution in [1.29, 1.82) is 5.26 Å². The molecule has 1 aromatic carbocycles. The normalized spacial score (nSPS) is 11.7. The van der Waals surface area contributed by atoms with Gasteiger partial charge in [0.1, 0.15) is 6.07 Å². The topological polar surface area (TPSA) is 65.7 Å². The van der Waals surface area contributed by atoms with Crippen molar-refractivity contribution >= 4 is 70.3 Å². The second-order valence-electron chi connectivity index (χ2n) is 3.64. The maximum absolute atomic E-state index is 11.6. The van der Waals surface area contributed by atoms with Crippen LogP contribution in [-0.2, 0) is 4.84 Å². The summed E-state index contributed by atoms with van der Waals surface area (Å²) in [6.07, 6.45) is -0.853. The summed E-state index contributed by atoms with van der Waals surface area (Å²) >= 11 is 18.6. The average Bonchev–Trinajstić information content (AvgIpc) is 2.46. The number of nitriles is 1. The number of benzene rings is 1. The minimum Gasteiger partial charge on any atom is -0.296 e. The maximum atomic E-state index is 11.6. The van der Waals surface area contributed by atoms with Crippen LogP contribution >= 0.6 is 58.5 Å². The second kappa shape index (κ2) is 9.38. The molecule has 0 aliphatic rings. The number of oxime groups is 1. The number of carbonyl (C=O) groups is 1. The number of nitrogens with zero attached hydrogens (tertiary/aromatic N) is 3. The van der Waals surface area contributed by atoms with Gasteiger partial charge in [-0.25, -0.2) is 9.10 Å². The lowest BCUT2D eigenvalue weighted by atomic mass is 10.4. The van der Waals surface area contributed by atoms with Crippen molar-refractivity contribution in [3.63, 3.8) is 0 Å². The molecule has 0 saturated carbocycles. The largest absolute Gasteiger partial charge is 0.445 e. The molecule has 118 valence electrons. The molecule has 0 aliphatic heterocycles. The summed E-state index contributed by atoms with van der Waals surface area (Å²) in [5.41, 5.74) is 0.0643. The van der Waals surface area contributed by atoms with E-state index in [1.165, 1.54) is 18.8 Å². The molecule has 0 heterocycles. The summed E-state index contributed by atoms with van der Waals surface area (Å²) in [5.74, 6) is 0.273. The van der Waals surface area contributed by atoms with E-state index in [1.54, 1.807) is 0 Å². The lowest BCUT2D eigenvalue weighted by Crippen LogP contribution is -2.22. The quantitative estimate of drug-likeness (QED) is 0.179. The number of hydrogen-bond donors (Lipinski definition) is 0. The third-order valence-corrected chi connectivity index (χ3v) is 4.25. The highest BCUT2D eigenvalue weighted by molar-refractivity contribution is 8.03. The van der Waals surface area contributed by atoms with Gasteiger partial charge in [0.25, 0.3) is 3.12 Å². The zero-order valence-corrected chi connectivity index (χ0v) is 15.1. The van der Waals surface area contributed by atoms with Gasteiger partial charge in [0, 0.05) is 23.9 Å². The fraction of sp³-hybridized carbons (Fsp3) is 0.250. The van der Waals surface area contributed by atoms with Crippen LogP contribution < -0.4 is 0 Å². The molecule has 1 rings (SSSR count). The molecular weight excluding hydrogens is 389 g/mol. The van der Waals surface area contributed by atoms with Crippen molar-refractivity contribution in [2.45, 2.75) is 8.02 Å². The smallest absolute Gasteiger partial charge is 0.296 e. The number of rotatable bonds is 5. The standard InChI is InChI=1S/C12H10Cl3N3O2S2/c1-18(22-12(13,14)15)11(19)20-17-9(7-16)8-21-10-5-3-2-4-6-10/h2-6H,8H2,1H3/b17-9+. The summed E-state index contributed by atoms with van der Waals surface area (Å²) in [5, 5.41) is 12.5. The first-order chi connectivity index (χ1) is 10.3. The summed E-state index contributed by atoms with van der Waals surface area (Å²) < 4.78 is -0.728. The van der Waals surface area contributed by atoms with Crippen LogP contribution in [0.25, 0.3) is 0 Å². The summed E-state index contributed by atoms with van der Waals surface area (Å²) in [4.78, 5) is 17.2. The van der Waals surface area contributed by atoms with Gasteiger partial charge in [0.05, 0.1) is 5.75 Å². The van der Waals surface area contributed by atoms with Crippen molar-refractivity contribution in [3.8, 4) is 6.07 Å². The highest BCUT2D eigenvalue weighted by Crippen LogP contribution is 2.40. The third-order valence-electron chi connectivity index (χ3n) is 1.98. The van der Waals surface area contributed by atoms with Gasteiger partial charge in [-0.1, -0.05) is 58.2 Å². The molecule has 0 aliphatic carbocycles. The van der Waals surface area contributed by atoms with Crippen LogP contribution in [0.15, 0.2) is 40.4 Å². The second-order valence-corrected chi connectivity index (χ2v) is 8.99. The zero-order valence-electron chi connectivity index (χ0n) is 11.2. The van der Waals surface area contributed by atoms with Gasteiger partial charge in [-0.2, -0.15) is 5.26 Å². The number of hydrogen-bond acceptors (Lipinski definition) is 6. The molecule has 22 heavy (non-hydrogen) atoms. The molecule has 1 aromatic rings. The first-order valence-electron chi connectivity index (χ1n) is 5.67. The van der Waals surface area contributed by atoms with Crippen LogP contribution in [0.3, 0.4) is 0 Å². The Bertz CT molecular complexity index is 573. The van der Waals surface area contributed by atoms with Gasteiger partial charge >= 0.3 is 6.09 Å². The molecule has 0 atom stereocenters. The molecule has 0 fully saturated rings. The predicted molar refractivity (Wildman–Crippen MR) is 92.3 cm³/mol. The Morgan fingerprint density at radius 2 is 2.05 bits per heavy atom. The van der Waals surface area contributed by atoms with Gasteiger partial charge in [-0.05, 0) is 12.1 Å². The van der Waals surface area contributed by atoms with Gasteiger partial charge in [-0.15, -0.1) is 11.8 Å². The third kappa shape index (κ3) is 8.01. The van der Waals surface area contributed by atoms with E-state index in [2.05, 4.69) is 9.99 Å². The van der Waals surface area contributed by atoms with Crippen molar-refractivity contribution in [1.82, 2.24) is 4.31 Å². The van der Waals surface area contributed by atoms with E-state index in [9.17, 15) is 4.79 Å². The van der Waals surface area contributed by atoms with Crippen molar-refractivity contribution in [3.05, 3.63) is 30.3 Å². The van der Waals surface area contributed by atoms with Crippen LogP contribution in [-0.4, -0.2) is 32.0 Å². The van der Waals surface area contributed by atoms with Crippen LogP contribution in [0.4, 0.5) is 4.79 Å². The molecule has 0 saturated heterocycles. The average molecular weight is 399 g/mol. The van der Waals surface area contributed by atoms with E-state index in [0.717, 1.165) is 9.20 Å². The van der Waals surface area contributed by atoms with E-state index < -0.39 is 9.22 Å². The van der Waals surface area contributed by atoms with Crippen LogP contribution in [0.5, 0.6) is 0 Å². The summed E-state index contributed by atoms with van der Waals surface area (Å²) in [7, 11) is 1.36. The molecule has 10 heteroatoms. The van der Waals surface area contributed by atoms with Gasteiger partial charge in [0.2, 0.25) is 0 Å². The van der Waals surface area contributed by atoms with Crippen LogP contribution in [0.1, 0.15) is 0 Å². The Morgan fingerprint density at radius 1 is 1.41 bits per heavy atom. The lowest BCUT2D eigenvalue weighted by molar-refractivity contribution is 0.137. The summed E-state index contributed by atoms with van der Waals surface area (Å²) in [6.45, 7) is 0. The fourth-order valence-electron chi connectivity index (χ4n) is 1.09. The molecule has 1 amide bonds. The van der Waals surface area contributed by atoms with Crippen LogP contribution in [0.2, 0.25) is 0 Å². The van der Waals surface area contributed by atoms with E-state index in [-0.39, 0.29) is 11.5 Å². The van der Waals surface area contributed by atoms with E-state index in [1.807, 2.05) is 36.4 Å². The Hall–Kier alpha value is -0.780. The highest BCUT2D eigenvalue weighted by atomic mass is 35.6. The Balaban J connectivity index is 2.51.